The second-order valence-electron chi connectivity index (χ2n) is 5.37. The third-order valence-corrected chi connectivity index (χ3v) is 3.70. The zero-order chi connectivity index (χ0) is 16.4. The summed E-state index contributed by atoms with van der Waals surface area (Å²) in [4.78, 5) is 12.3. The maximum absolute atomic E-state index is 12.3. The van der Waals surface area contributed by atoms with Gasteiger partial charge in [0.05, 0.1) is 23.4 Å². The van der Waals surface area contributed by atoms with Crippen LogP contribution in [0, 0.1) is 20.8 Å². The normalized spacial score (nSPS) is 10.7. The lowest BCUT2D eigenvalue weighted by Crippen LogP contribution is -2.15. The summed E-state index contributed by atoms with van der Waals surface area (Å²) in [5.41, 5.74) is 3.97. The van der Waals surface area contributed by atoms with E-state index in [0.29, 0.717) is 11.6 Å². The van der Waals surface area contributed by atoms with Gasteiger partial charge in [-0.25, -0.2) is 0 Å². The predicted octanol–water partition coefficient (Wildman–Crippen LogP) is 3.44. The summed E-state index contributed by atoms with van der Waals surface area (Å²) in [5, 5.41) is 10.6. The molecule has 23 heavy (non-hydrogen) atoms. The average molecular weight is 311 g/mol. The van der Waals surface area contributed by atoms with E-state index in [1.54, 1.807) is 6.92 Å². The van der Waals surface area contributed by atoms with Gasteiger partial charge in [-0.05, 0) is 26.3 Å². The van der Waals surface area contributed by atoms with Crippen LogP contribution in [0.4, 0.5) is 5.88 Å². The summed E-state index contributed by atoms with van der Waals surface area (Å²) >= 11 is 0. The van der Waals surface area contributed by atoms with E-state index >= 15 is 0 Å². The highest BCUT2D eigenvalue weighted by atomic mass is 16.5. The minimum Gasteiger partial charge on any atom is -0.361 e. The van der Waals surface area contributed by atoms with E-state index in [2.05, 4.69) is 15.6 Å². The van der Waals surface area contributed by atoms with E-state index in [1.807, 2.05) is 44.2 Å². The van der Waals surface area contributed by atoms with E-state index in [9.17, 15) is 4.79 Å². The Balaban J connectivity index is 1.83. The molecule has 0 aliphatic heterocycles. The number of amides is 1. The van der Waals surface area contributed by atoms with Crippen molar-refractivity contribution in [2.75, 3.05) is 5.32 Å². The van der Waals surface area contributed by atoms with Gasteiger partial charge in [-0.2, -0.15) is 0 Å². The summed E-state index contributed by atoms with van der Waals surface area (Å²) in [7, 11) is 0. The lowest BCUT2D eigenvalue weighted by Gasteiger charge is -2.05. The van der Waals surface area contributed by atoms with Gasteiger partial charge in [-0.3, -0.25) is 10.1 Å². The van der Waals surface area contributed by atoms with Gasteiger partial charge in [0.25, 0.3) is 0 Å². The molecule has 2 heterocycles. The van der Waals surface area contributed by atoms with Crippen LogP contribution in [-0.2, 0) is 11.2 Å². The maximum Gasteiger partial charge on any atom is 0.239 e. The Morgan fingerprint density at radius 1 is 1.04 bits per heavy atom. The van der Waals surface area contributed by atoms with Crippen LogP contribution >= 0.6 is 0 Å². The fourth-order valence-electron chi connectivity index (χ4n) is 2.49. The van der Waals surface area contributed by atoms with Gasteiger partial charge in [0.2, 0.25) is 11.8 Å². The van der Waals surface area contributed by atoms with E-state index in [1.165, 1.54) is 0 Å². The quantitative estimate of drug-likeness (QED) is 0.798. The summed E-state index contributed by atoms with van der Waals surface area (Å²) in [6, 6.07) is 9.68. The maximum atomic E-state index is 12.3. The number of anilines is 1. The number of aryl methyl sites for hydroxylation is 3. The molecule has 2 aromatic heterocycles. The highest BCUT2D eigenvalue weighted by Gasteiger charge is 2.19. The number of nitrogens with one attached hydrogen (secondary N) is 1. The van der Waals surface area contributed by atoms with E-state index in [0.717, 1.165) is 28.1 Å². The number of carbonyl (C=O) groups is 1. The molecule has 3 aromatic rings. The predicted molar refractivity (Wildman–Crippen MR) is 85.0 cm³/mol. The van der Waals surface area contributed by atoms with E-state index in [4.69, 9.17) is 9.05 Å². The molecule has 0 unspecified atom stereocenters. The first kappa shape index (κ1) is 15.0. The fraction of sp³-hybridized carbons (Fsp3) is 0.235. The third-order valence-electron chi connectivity index (χ3n) is 3.70. The molecule has 6 nitrogen and oxygen atoms in total. The molecule has 1 N–H and O–H groups in total. The molecule has 0 spiro atoms. The van der Waals surface area contributed by atoms with Crippen molar-refractivity contribution in [3.8, 4) is 11.1 Å². The van der Waals surface area contributed by atoms with Crippen LogP contribution in [0.5, 0.6) is 0 Å². The molecule has 0 aliphatic rings. The Kier molecular flexibility index (Phi) is 3.97. The molecule has 1 aromatic carbocycles. The number of benzene rings is 1. The number of aromatic nitrogens is 2. The van der Waals surface area contributed by atoms with Gasteiger partial charge < -0.3 is 9.05 Å². The molecular weight excluding hydrogens is 294 g/mol. The zero-order valence-corrected chi connectivity index (χ0v) is 13.2. The minimum absolute atomic E-state index is 0.176. The van der Waals surface area contributed by atoms with Crippen LogP contribution in [0.25, 0.3) is 11.1 Å². The van der Waals surface area contributed by atoms with Crippen molar-refractivity contribution in [3.05, 3.63) is 53.0 Å². The average Bonchev–Trinajstić information content (AvgIpc) is 3.05. The molecule has 0 saturated carbocycles. The van der Waals surface area contributed by atoms with Crippen LogP contribution in [0.2, 0.25) is 0 Å². The van der Waals surface area contributed by atoms with Gasteiger partial charge >= 0.3 is 0 Å². The standard InChI is InChI=1S/C17H17N3O3/c1-10-14(12(3)22-19-10)9-15(21)18-17-16(11(2)20-23-17)13-7-5-4-6-8-13/h4-8H,9H2,1-3H3,(H,18,21). The molecule has 0 bridgehead atoms. The molecule has 1 amide bonds. The number of carbonyl (C=O) groups excluding carboxylic acids is 1. The molecule has 118 valence electrons. The van der Waals surface area contributed by atoms with Gasteiger partial charge in [0.15, 0.2) is 0 Å². The second-order valence-corrected chi connectivity index (χ2v) is 5.37. The van der Waals surface area contributed by atoms with Crippen LogP contribution in [0.15, 0.2) is 39.4 Å². The van der Waals surface area contributed by atoms with Crippen molar-refractivity contribution >= 4 is 11.8 Å². The first-order valence-electron chi connectivity index (χ1n) is 7.29. The first-order valence-corrected chi connectivity index (χ1v) is 7.29. The summed E-state index contributed by atoms with van der Waals surface area (Å²) < 4.78 is 10.4. The zero-order valence-electron chi connectivity index (χ0n) is 13.2. The van der Waals surface area contributed by atoms with Crippen LogP contribution in [0.1, 0.15) is 22.7 Å². The molecule has 0 radical (unpaired) electrons. The Labute approximate surface area is 133 Å². The molecule has 0 fully saturated rings. The van der Waals surface area contributed by atoms with Crippen molar-refractivity contribution in [2.45, 2.75) is 27.2 Å². The minimum atomic E-state index is -0.201. The molecule has 0 atom stereocenters. The third kappa shape index (κ3) is 3.01. The van der Waals surface area contributed by atoms with E-state index in [-0.39, 0.29) is 12.3 Å². The molecule has 0 saturated heterocycles. The topological polar surface area (TPSA) is 81.2 Å². The number of rotatable bonds is 4. The van der Waals surface area contributed by atoms with Gasteiger partial charge in [-0.15, -0.1) is 0 Å². The smallest absolute Gasteiger partial charge is 0.239 e. The van der Waals surface area contributed by atoms with Gasteiger partial charge in [0, 0.05) is 5.56 Å². The fourth-order valence-corrected chi connectivity index (χ4v) is 2.49. The Hall–Kier alpha value is -2.89. The Morgan fingerprint density at radius 2 is 1.74 bits per heavy atom. The Bertz CT molecular complexity index is 815. The molecular formula is C17H17N3O3. The second kappa shape index (κ2) is 6.08. The first-order chi connectivity index (χ1) is 11.1. The Morgan fingerprint density at radius 3 is 2.39 bits per heavy atom. The van der Waals surface area contributed by atoms with Gasteiger partial charge in [0.1, 0.15) is 5.76 Å². The largest absolute Gasteiger partial charge is 0.361 e. The van der Waals surface area contributed by atoms with Crippen molar-refractivity contribution in [2.24, 2.45) is 0 Å². The highest BCUT2D eigenvalue weighted by Crippen LogP contribution is 2.31. The van der Waals surface area contributed by atoms with Crippen molar-refractivity contribution in [1.82, 2.24) is 10.3 Å². The summed E-state index contributed by atoms with van der Waals surface area (Å²) in [6.45, 7) is 5.44. The molecule has 0 aliphatic carbocycles. The molecule has 6 heteroatoms. The SMILES string of the molecule is Cc1noc(C)c1CC(=O)Nc1onc(C)c1-c1ccccc1. The lowest BCUT2D eigenvalue weighted by molar-refractivity contribution is -0.115. The number of hydrogen-bond donors (Lipinski definition) is 1. The summed E-state index contributed by atoms with van der Waals surface area (Å²) in [6.07, 6.45) is 0.176. The van der Waals surface area contributed by atoms with Crippen molar-refractivity contribution in [3.63, 3.8) is 0 Å². The highest BCUT2D eigenvalue weighted by molar-refractivity contribution is 5.95. The van der Waals surface area contributed by atoms with Crippen molar-refractivity contribution < 1.29 is 13.8 Å². The van der Waals surface area contributed by atoms with Crippen molar-refractivity contribution in [1.29, 1.82) is 0 Å². The monoisotopic (exact) mass is 311 g/mol. The van der Waals surface area contributed by atoms with Crippen LogP contribution in [0.3, 0.4) is 0 Å². The van der Waals surface area contributed by atoms with E-state index < -0.39 is 0 Å². The number of hydrogen-bond acceptors (Lipinski definition) is 5. The van der Waals surface area contributed by atoms with Crippen LogP contribution < -0.4 is 5.32 Å². The number of nitrogens with zero attached hydrogens (tertiary/aromatic N) is 2. The molecule has 3 rings (SSSR count). The van der Waals surface area contributed by atoms with Crippen LogP contribution in [-0.4, -0.2) is 16.2 Å². The summed E-state index contributed by atoms with van der Waals surface area (Å²) in [5.74, 6) is 0.799. The van der Waals surface area contributed by atoms with Gasteiger partial charge in [-0.1, -0.05) is 40.6 Å². The lowest BCUT2D eigenvalue weighted by atomic mass is 10.1.